The van der Waals surface area contributed by atoms with Crippen molar-refractivity contribution >= 4 is 11.7 Å². The van der Waals surface area contributed by atoms with Crippen molar-refractivity contribution in [2.24, 2.45) is 5.10 Å². The molecular formula is C24H18N2O3. The van der Waals surface area contributed by atoms with E-state index in [0.29, 0.717) is 24.1 Å². The minimum Gasteiger partial charge on any atom is -0.478 e. The quantitative estimate of drug-likeness (QED) is 0.707. The summed E-state index contributed by atoms with van der Waals surface area (Å²) in [6.07, 6.45) is 0.953. The predicted molar refractivity (Wildman–Crippen MR) is 112 cm³/mol. The minimum absolute atomic E-state index is 0.163. The molecule has 0 fully saturated rings. The Bertz CT molecular complexity index is 1240. The van der Waals surface area contributed by atoms with Gasteiger partial charge in [0, 0.05) is 24.0 Å². The fraction of sp³-hybridized carbons (Fsp3) is 0.125. The Kier molecular flexibility index (Phi) is 4.84. The van der Waals surface area contributed by atoms with Crippen LogP contribution in [0.2, 0.25) is 0 Å². The van der Waals surface area contributed by atoms with Gasteiger partial charge in [-0.15, -0.1) is 0 Å². The molecule has 0 unspecified atom stereocenters. The van der Waals surface area contributed by atoms with Crippen molar-refractivity contribution in [1.82, 2.24) is 4.68 Å². The molecule has 1 aliphatic heterocycles. The van der Waals surface area contributed by atoms with Crippen LogP contribution in [0.25, 0.3) is 0 Å². The summed E-state index contributed by atoms with van der Waals surface area (Å²) >= 11 is 0. The Morgan fingerprint density at radius 3 is 2.52 bits per heavy atom. The van der Waals surface area contributed by atoms with E-state index in [2.05, 4.69) is 16.9 Å². The molecule has 142 valence electrons. The molecular weight excluding hydrogens is 364 g/mol. The number of hydrogen-bond donors (Lipinski definition) is 1. The number of benzene rings is 2. The third-order valence-corrected chi connectivity index (χ3v) is 4.84. The summed E-state index contributed by atoms with van der Waals surface area (Å²) in [4.78, 5) is 23.9. The fourth-order valence-electron chi connectivity index (χ4n) is 3.31. The highest BCUT2D eigenvalue weighted by Gasteiger charge is 2.19. The SMILES string of the molecule is Cc1cc(Cc2ccc(C(=O)O)cc2)c(=O)n2c1CC(C#Cc1ccccc1)=N2. The maximum absolute atomic E-state index is 12.9. The van der Waals surface area contributed by atoms with E-state index in [1.54, 1.807) is 24.3 Å². The van der Waals surface area contributed by atoms with Crippen LogP contribution in [-0.4, -0.2) is 21.5 Å². The lowest BCUT2D eigenvalue weighted by Crippen LogP contribution is -2.22. The van der Waals surface area contributed by atoms with Crippen molar-refractivity contribution in [2.75, 3.05) is 0 Å². The molecule has 1 aromatic heterocycles. The first-order valence-corrected chi connectivity index (χ1v) is 9.23. The number of carboxylic acids is 1. The average molecular weight is 382 g/mol. The molecule has 5 heteroatoms. The number of aromatic nitrogens is 1. The molecule has 2 heterocycles. The van der Waals surface area contributed by atoms with Gasteiger partial charge in [0.05, 0.1) is 11.3 Å². The van der Waals surface area contributed by atoms with Crippen molar-refractivity contribution in [3.8, 4) is 11.8 Å². The Balaban J connectivity index is 1.63. The summed E-state index contributed by atoms with van der Waals surface area (Å²) in [6.45, 7) is 1.96. The van der Waals surface area contributed by atoms with Gasteiger partial charge >= 0.3 is 5.97 Å². The number of carboxylic acid groups (broad SMARTS) is 1. The van der Waals surface area contributed by atoms with Crippen molar-refractivity contribution in [3.63, 3.8) is 0 Å². The maximum atomic E-state index is 12.9. The highest BCUT2D eigenvalue weighted by atomic mass is 16.4. The summed E-state index contributed by atoms with van der Waals surface area (Å²) in [5.41, 5.74) is 4.97. The van der Waals surface area contributed by atoms with Gasteiger partial charge in [-0.05, 0) is 54.3 Å². The van der Waals surface area contributed by atoms with E-state index >= 15 is 0 Å². The molecule has 2 aromatic carbocycles. The normalized spacial score (nSPS) is 12.0. The molecule has 5 nitrogen and oxygen atoms in total. The van der Waals surface area contributed by atoms with Gasteiger partial charge in [-0.25, -0.2) is 4.79 Å². The summed E-state index contributed by atoms with van der Waals surface area (Å²) in [7, 11) is 0. The lowest BCUT2D eigenvalue weighted by Gasteiger charge is -2.08. The first-order valence-electron chi connectivity index (χ1n) is 9.23. The Hall–Kier alpha value is -3.91. The van der Waals surface area contributed by atoms with E-state index in [0.717, 1.165) is 22.4 Å². The van der Waals surface area contributed by atoms with E-state index in [-0.39, 0.29) is 11.1 Å². The number of fused-ring (bicyclic) bond motifs is 1. The molecule has 0 saturated carbocycles. The van der Waals surface area contributed by atoms with Crippen LogP contribution in [0.15, 0.2) is 70.6 Å². The zero-order chi connectivity index (χ0) is 20.4. The lowest BCUT2D eigenvalue weighted by molar-refractivity contribution is 0.0697. The molecule has 3 aromatic rings. The molecule has 0 spiro atoms. The third-order valence-electron chi connectivity index (χ3n) is 4.84. The number of pyridine rings is 1. The van der Waals surface area contributed by atoms with Crippen LogP contribution in [0.4, 0.5) is 0 Å². The van der Waals surface area contributed by atoms with Gasteiger partial charge in [0.15, 0.2) is 0 Å². The van der Waals surface area contributed by atoms with Crippen LogP contribution in [-0.2, 0) is 12.8 Å². The average Bonchev–Trinajstić information content (AvgIpc) is 3.17. The summed E-state index contributed by atoms with van der Waals surface area (Å²) in [6, 6.07) is 18.1. The molecule has 0 bridgehead atoms. The number of carbonyl (C=O) groups is 1. The summed E-state index contributed by atoms with van der Waals surface area (Å²) in [5, 5.41) is 13.5. The predicted octanol–water partition coefficient (Wildman–Crippen LogP) is 3.26. The molecule has 0 amide bonds. The molecule has 1 N–H and O–H groups in total. The van der Waals surface area contributed by atoms with Gasteiger partial charge < -0.3 is 5.11 Å². The van der Waals surface area contributed by atoms with Crippen LogP contribution >= 0.6 is 0 Å². The second kappa shape index (κ2) is 7.61. The monoisotopic (exact) mass is 382 g/mol. The van der Waals surface area contributed by atoms with Crippen LogP contribution in [0.3, 0.4) is 0 Å². The zero-order valence-corrected chi connectivity index (χ0v) is 15.8. The van der Waals surface area contributed by atoms with Gasteiger partial charge in [-0.3, -0.25) is 4.79 Å². The van der Waals surface area contributed by atoms with E-state index in [1.807, 2.05) is 43.3 Å². The number of aryl methyl sites for hydroxylation is 1. The Morgan fingerprint density at radius 2 is 1.83 bits per heavy atom. The van der Waals surface area contributed by atoms with Crippen molar-refractivity contribution in [2.45, 2.75) is 19.8 Å². The van der Waals surface area contributed by atoms with Crippen LogP contribution in [0.5, 0.6) is 0 Å². The molecule has 29 heavy (non-hydrogen) atoms. The van der Waals surface area contributed by atoms with Crippen molar-refractivity contribution in [3.05, 3.63) is 105 Å². The molecule has 4 rings (SSSR count). The van der Waals surface area contributed by atoms with Crippen LogP contribution in [0, 0.1) is 18.8 Å². The fourth-order valence-corrected chi connectivity index (χ4v) is 3.31. The van der Waals surface area contributed by atoms with E-state index < -0.39 is 5.97 Å². The smallest absolute Gasteiger partial charge is 0.335 e. The largest absolute Gasteiger partial charge is 0.478 e. The van der Waals surface area contributed by atoms with E-state index in [1.165, 1.54) is 4.68 Å². The summed E-state index contributed by atoms with van der Waals surface area (Å²) in [5.74, 6) is 5.19. The highest BCUT2D eigenvalue weighted by molar-refractivity contribution is 6.03. The van der Waals surface area contributed by atoms with Gasteiger partial charge in [-0.2, -0.15) is 9.78 Å². The molecule has 0 atom stereocenters. The number of nitrogens with zero attached hydrogens (tertiary/aromatic N) is 2. The minimum atomic E-state index is -0.969. The van der Waals surface area contributed by atoms with Gasteiger partial charge in [0.1, 0.15) is 5.71 Å². The second-order valence-corrected chi connectivity index (χ2v) is 6.93. The van der Waals surface area contributed by atoms with Gasteiger partial charge in [0.25, 0.3) is 5.56 Å². The number of rotatable bonds is 3. The second-order valence-electron chi connectivity index (χ2n) is 6.93. The maximum Gasteiger partial charge on any atom is 0.335 e. The molecule has 0 saturated heterocycles. The van der Waals surface area contributed by atoms with Crippen LogP contribution < -0.4 is 5.56 Å². The van der Waals surface area contributed by atoms with E-state index in [9.17, 15) is 9.59 Å². The highest BCUT2D eigenvalue weighted by Crippen LogP contribution is 2.17. The van der Waals surface area contributed by atoms with Gasteiger partial charge in [0.2, 0.25) is 0 Å². The first kappa shape index (κ1) is 18.5. The topological polar surface area (TPSA) is 71.7 Å². The van der Waals surface area contributed by atoms with Crippen molar-refractivity contribution in [1.29, 1.82) is 0 Å². The standard InChI is InChI=1S/C24H18N2O3/c1-16-13-20(14-18-7-10-19(11-8-18)24(28)29)23(27)26-22(16)15-21(25-26)12-9-17-5-3-2-4-6-17/h2-8,10-11,13H,14-15H2,1H3,(H,28,29). The lowest BCUT2D eigenvalue weighted by atomic mass is 10.0. The summed E-state index contributed by atoms with van der Waals surface area (Å²) < 4.78 is 1.45. The van der Waals surface area contributed by atoms with E-state index in [4.69, 9.17) is 5.11 Å². The molecule has 0 radical (unpaired) electrons. The molecule has 1 aliphatic rings. The zero-order valence-electron chi connectivity index (χ0n) is 15.8. The number of aromatic carboxylic acids is 1. The van der Waals surface area contributed by atoms with Crippen molar-refractivity contribution < 1.29 is 9.90 Å². The van der Waals surface area contributed by atoms with Gasteiger partial charge in [-0.1, -0.05) is 36.3 Å². The third kappa shape index (κ3) is 3.87. The Morgan fingerprint density at radius 1 is 1.10 bits per heavy atom. The number of hydrogen-bond acceptors (Lipinski definition) is 3. The first-order chi connectivity index (χ1) is 14.0. The van der Waals surface area contributed by atoms with Crippen LogP contribution in [0.1, 0.15) is 38.3 Å². The Labute approximate surface area is 168 Å². The molecule has 0 aliphatic carbocycles.